The number of fused-ring (bicyclic) bond motifs is 3. The highest BCUT2D eigenvalue weighted by Gasteiger charge is 2.52. The van der Waals surface area contributed by atoms with Crippen LogP contribution in [-0.2, 0) is 4.74 Å². The molecule has 2 bridgehead atoms. The highest BCUT2D eigenvalue weighted by Crippen LogP contribution is 2.42. The number of carbonyl (C=O) groups is 1. The van der Waals surface area contributed by atoms with Gasteiger partial charge < -0.3 is 24.6 Å². The number of aliphatic hydroxyl groups is 2. The molecule has 2 aliphatic rings. The highest BCUT2D eigenvalue weighted by atomic mass is 19.1. The zero-order chi connectivity index (χ0) is 25.8. The maximum atomic E-state index is 14.7. The lowest BCUT2D eigenvalue weighted by Gasteiger charge is -2.47. The maximum absolute atomic E-state index is 14.7. The highest BCUT2D eigenvalue weighted by molar-refractivity contribution is 5.90. The van der Waals surface area contributed by atoms with Gasteiger partial charge in [0.15, 0.2) is 5.82 Å². The van der Waals surface area contributed by atoms with Crippen molar-refractivity contribution in [1.29, 1.82) is 0 Å². The molecule has 11 heteroatoms. The number of hydrogen-bond acceptors (Lipinski definition) is 8. The minimum absolute atomic E-state index is 0.123. The molecule has 1 unspecified atom stereocenters. The van der Waals surface area contributed by atoms with Crippen LogP contribution in [0.4, 0.5) is 19.4 Å². The summed E-state index contributed by atoms with van der Waals surface area (Å²) in [5.74, 6) is -1.36. The van der Waals surface area contributed by atoms with E-state index in [9.17, 15) is 23.8 Å². The van der Waals surface area contributed by atoms with E-state index in [1.807, 2.05) is 32.6 Å². The number of amides is 1. The smallest absolute Gasteiger partial charge is 0.411 e. The van der Waals surface area contributed by atoms with Crippen LogP contribution in [-0.4, -0.2) is 80.3 Å². The Morgan fingerprint density at radius 1 is 1.26 bits per heavy atom. The molecule has 192 valence electrons. The predicted molar refractivity (Wildman–Crippen MR) is 124 cm³/mol. The summed E-state index contributed by atoms with van der Waals surface area (Å²) in [7, 11) is 0. The van der Waals surface area contributed by atoms with Gasteiger partial charge in [0.05, 0.1) is 18.2 Å². The number of ether oxygens (including phenoxy) is 2. The van der Waals surface area contributed by atoms with Crippen LogP contribution >= 0.6 is 0 Å². The average Bonchev–Trinajstić information content (AvgIpc) is 2.96. The number of nitrogens with zero attached hydrogens (tertiary/aromatic N) is 4. The van der Waals surface area contributed by atoms with Crippen LogP contribution in [0.5, 0.6) is 6.01 Å². The zero-order valence-corrected chi connectivity index (χ0v) is 20.6. The summed E-state index contributed by atoms with van der Waals surface area (Å²) < 4.78 is 40.0. The van der Waals surface area contributed by atoms with Gasteiger partial charge in [0.25, 0.3) is 0 Å². The Labute approximate surface area is 202 Å². The van der Waals surface area contributed by atoms with Gasteiger partial charge in [-0.1, -0.05) is 0 Å². The summed E-state index contributed by atoms with van der Waals surface area (Å²) in [6.45, 7) is 8.64. The number of benzene rings is 1. The molecule has 9 nitrogen and oxygen atoms in total. The fourth-order valence-corrected chi connectivity index (χ4v) is 4.76. The van der Waals surface area contributed by atoms with Crippen molar-refractivity contribution in [3.8, 4) is 6.01 Å². The number of aromatic nitrogens is 2. The molecule has 1 aromatic carbocycles. The predicted octanol–water partition coefficient (Wildman–Crippen LogP) is 3.01. The van der Waals surface area contributed by atoms with E-state index >= 15 is 0 Å². The van der Waals surface area contributed by atoms with Crippen LogP contribution in [0, 0.1) is 11.6 Å². The zero-order valence-electron chi connectivity index (χ0n) is 20.6. The third kappa shape index (κ3) is 5.11. The summed E-state index contributed by atoms with van der Waals surface area (Å²) in [5, 5.41) is 19.5. The van der Waals surface area contributed by atoms with Gasteiger partial charge in [-0.3, -0.25) is 4.90 Å². The molecule has 2 aromatic rings. The number of piperazine rings is 1. The monoisotopic (exact) mass is 494 g/mol. The molecule has 3 atom stereocenters. The van der Waals surface area contributed by atoms with Crippen LogP contribution in [0.25, 0.3) is 10.9 Å². The Balaban J connectivity index is 1.71. The lowest BCUT2D eigenvalue weighted by molar-refractivity contribution is -0.0345. The van der Waals surface area contributed by atoms with E-state index in [1.165, 1.54) is 13.0 Å². The topological polar surface area (TPSA) is 108 Å². The average molecular weight is 495 g/mol. The van der Waals surface area contributed by atoms with Crippen molar-refractivity contribution in [2.24, 2.45) is 0 Å². The van der Waals surface area contributed by atoms with Gasteiger partial charge >= 0.3 is 12.1 Å². The van der Waals surface area contributed by atoms with Crippen molar-refractivity contribution in [3.05, 3.63) is 23.8 Å². The second-order valence-corrected chi connectivity index (χ2v) is 11.0. The molecule has 2 aliphatic heterocycles. The van der Waals surface area contributed by atoms with Crippen molar-refractivity contribution >= 4 is 22.8 Å². The first-order valence-electron chi connectivity index (χ1n) is 11.6. The molecule has 0 saturated carbocycles. The second-order valence-electron chi connectivity index (χ2n) is 11.0. The van der Waals surface area contributed by atoms with Gasteiger partial charge in [0, 0.05) is 24.5 Å². The Kier molecular flexibility index (Phi) is 6.29. The molecular formula is C24H32F2N4O5. The van der Waals surface area contributed by atoms with Crippen molar-refractivity contribution in [1.82, 2.24) is 14.9 Å². The number of hydrogen-bond donors (Lipinski definition) is 2. The first-order chi connectivity index (χ1) is 16.2. The molecule has 0 aliphatic carbocycles. The standard InChI is InChI=1S/C24H32F2N4O5/c1-22(2,3)35-21(32)30-15-6-7-23(30,4)11-29(10-15)19-16-8-14(25)9-17(26)18(16)27-20(28-19)34-13-24(5,33)12-31/h8-9,15,31,33H,6-7,10-13H2,1-5H3/t15-,23+,24?/m0/s1. The number of carbonyl (C=O) groups excluding carboxylic acids is 1. The second kappa shape index (κ2) is 8.70. The van der Waals surface area contributed by atoms with Crippen molar-refractivity contribution < 1.29 is 33.3 Å². The first-order valence-corrected chi connectivity index (χ1v) is 11.6. The molecule has 35 heavy (non-hydrogen) atoms. The van der Waals surface area contributed by atoms with E-state index in [1.54, 1.807) is 4.90 Å². The van der Waals surface area contributed by atoms with Crippen molar-refractivity contribution in [3.63, 3.8) is 0 Å². The largest absolute Gasteiger partial charge is 0.460 e. The Hall–Kier alpha value is -2.79. The third-order valence-corrected chi connectivity index (χ3v) is 6.35. The van der Waals surface area contributed by atoms with Gasteiger partial charge in [0.2, 0.25) is 0 Å². The molecule has 2 saturated heterocycles. The molecule has 0 spiro atoms. The summed E-state index contributed by atoms with van der Waals surface area (Å²) >= 11 is 0. The van der Waals surface area contributed by atoms with Crippen molar-refractivity contribution in [2.75, 3.05) is 31.2 Å². The number of rotatable bonds is 5. The van der Waals surface area contributed by atoms with Gasteiger partial charge in [-0.15, -0.1) is 0 Å². The van der Waals surface area contributed by atoms with E-state index in [4.69, 9.17) is 9.47 Å². The molecule has 1 aromatic heterocycles. The summed E-state index contributed by atoms with van der Waals surface area (Å²) in [6.07, 6.45) is 1.10. The van der Waals surface area contributed by atoms with Crippen molar-refractivity contribution in [2.45, 2.75) is 70.2 Å². The summed E-state index contributed by atoms with van der Waals surface area (Å²) in [6, 6.07) is 1.52. The van der Waals surface area contributed by atoms with Crippen LogP contribution in [0.15, 0.2) is 12.1 Å². The lowest BCUT2D eigenvalue weighted by atomic mass is 9.97. The molecular weight excluding hydrogens is 462 g/mol. The van der Waals surface area contributed by atoms with Gasteiger partial charge in [-0.2, -0.15) is 9.97 Å². The Bertz CT molecular complexity index is 1140. The van der Waals surface area contributed by atoms with E-state index < -0.39 is 35.0 Å². The van der Waals surface area contributed by atoms with Crippen LogP contribution in [0.3, 0.4) is 0 Å². The number of aliphatic hydroxyl groups excluding tert-OH is 1. The fraction of sp³-hybridized carbons (Fsp3) is 0.625. The van der Waals surface area contributed by atoms with Crippen LogP contribution in [0.2, 0.25) is 0 Å². The first kappa shape index (κ1) is 25.3. The Morgan fingerprint density at radius 3 is 2.60 bits per heavy atom. The fourth-order valence-electron chi connectivity index (χ4n) is 4.76. The molecule has 0 radical (unpaired) electrons. The van der Waals surface area contributed by atoms with E-state index in [0.717, 1.165) is 18.9 Å². The van der Waals surface area contributed by atoms with Crippen LogP contribution in [0.1, 0.15) is 47.5 Å². The molecule has 3 heterocycles. The van der Waals surface area contributed by atoms with Gasteiger partial charge in [0.1, 0.15) is 35.0 Å². The molecule has 1 amide bonds. The van der Waals surface area contributed by atoms with Gasteiger partial charge in [-0.25, -0.2) is 13.6 Å². The van der Waals surface area contributed by atoms with E-state index in [0.29, 0.717) is 13.1 Å². The number of anilines is 1. The van der Waals surface area contributed by atoms with Crippen LogP contribution < -0.4 is 9.64 Å². The normalized spacial score (nSPS) is 24.0. The minimum Gasteiger partial charge on any atom is -0.460 e. The third-order valence-electron chi connectivity index (χ3n) is 6.35. The van der Waals surface area contributed by atoms with Gasteiger partial charge in [-0.05, 0) is 53.5 Å². The minimum atomic E-state index is -1.55. The Morgan fingerprint density at radius 2 is 1.97 bits per heavy atom. The summed E-state index contributed by atoms with van der Waals surface area (Å²) in [5.41, 5.74) is -2.88. The molecule has 4 rings (SSSR count). The SMILES string of the molecule is CC(O)(CO)COc1nc(N2C[C@@H]3CC[C@](C)(C2)N3C(=O)OC(C)(C)C)c2cc(F)cc(F)c2n1. The molecule has 2 N–H and O–H groups in total. The summed E-state index contributed by atoms with van der Waals surface area (Å²) in [4.78, 5) is 25.2. The van der Waals surface area contributed by atoms with E-state index in [2.05, 4.69) is 9.97 Å². The maximum Gasteiger partial charge on any atom is 0.411 e. The molecule has 2 fully saturated rings. The lowest BCUT2D eigenvalue weighted by Crippen LogP contribution is -2.63. The van der Waals surface area contributed by atoms with E-state index in [-0.39, 0.29) is 41.5 Å². The quantitative estimate of drug-likeness (QED) is 0.653. The number of halogens is 2.